The molecule has 6 nitrogen and oxygen atoms in total. The fourth-order valence-electron chi connectivity index (χ4n) is 2.28. The normalized spacial score (nSPS) is 17.0. The number of benzene rings is 2. The van der Waals surface area contributed by atoms with E-state index in [-0.39, 0.29) is 5.91 Å². The van der Waals surface area contributed by atoms with Crippen molar-refractivity contribution in [1.82, 2.24) is 4.90 Å². The molecule has 27 heavy (non-hydrogen) atoms. The Morgan fingerprint density at radius 3 is 2.70 bits per heavy atom. The third-order valence-corrected chi connectivity index (χ3v) is 5.27. The molecule has 0 saturated carbocycles. The van der Waals surface area contributed by atoms with Gasteiger partial charge in [-0.1, -0.05) is 24.3 Å². The lowest BCUT2D eigenvalue weighted by molar-refractivity contribution is -0.139. The van der Waals surface area contributed by atoms with E-state index >= 15 is 0 Å². The first-order valence-electron chi connectivity index (χ1n) is 7.89. The summed E-state index contributed by atoms with van der Waals surface area (Å²) in [5.74, 6) is -0.750. The second-order valence-electron chi connectivity index (χ2n) is 5.58. The van der Waals surface area contributed by atoms with E-state index in [1.807, 2.05) is 30.3 Å². The highest BCUT2D eigenvalue weighted by molar-refractivity contribution is 9.10. The number of rotatable bonds is 5. The molecule has 3 rings (SSSR count). The maximum atomic E-state index is 12.5. The number of carboxylic acids is 1. The first-order chi connectivity index (χ1) is 12.9. The number of para-hydroxylation sites is 1. The Hall–Kier alpha value is -2.58. The third kappa shape index (κ3) is 4.78. The average molecular weight is 447 g/mol. The molecule has 1 aliphatic rings. The number of aliphatic imine (C=N–C) groups is 1. The molecule has 1 heterocycles. The summed E-state index contributed by atoms with van der Waals surface area (Å²) in [6.07, 6.45) is 1.77. The van der Waals surface area contributed by atoms with Gasteiger partial charge in [-0.15, -0.1) is 0 Å². The number of amides is 1. The lowest BCUT2D eigenvalue weighted by Gasteiger charge is -2.07. The summed E-state index contributed by atoms with van der Waals surface area (Å²) in [6, 6.07) is 14.6. The number of hydrogen-bond acceptors (Lipinski definition) is 5. The molecule has 2 aromatic rings. The van der Waals surface area contributed by atoms with E-state index in [1.54, 1.807) is 31.3 Å². The van der Waals surface area contributed by atoms with E-state index in [1.165, 1.54) is 16.7 Å². The Morgan fingerprint density at radius 2 is 2.04 bits per heavy atom. The molecule has 1 aliphatic heterocycles. The molecule has 8 heteroatoms. The Bertz CT molecular complexity index is 944. The van der Waals surface area contributed by atoms with Gasteiger partial charge in [-0.05, 0) is 63.6 Å². The molecule has 0 spiro atoms. The van der Waals surface area contributed by atoms with Crippen molar-refractivity contribution in [3.63, 3.8) is 0 Å². The van der Waals surface area contributed by atoms with Gasteiger partial charge in [0, 0.05) is 7.05 Å². The predicted octanol–water partition coefficient (Wildman–Crippen LogP) is 4.15. The first-order valence-corrected chi connectivity index (χ1v) is 9.50. The van der Waals surface area contributed by atoms with Gasteiger partial charge in [0.1, 0.15) is 5.75 Å². The first kappa shape index (κ1) is 19.2. The van der Waals surface area contributed by atoms with Crippen molar-refractivity contribution in [2.75, 3.05) is 13.7 Å². The number of carbonyl (C=O) groups excluding carboxylic acids is 1. The number of amidine groups is 1. The minimum absolute atomic E-state index is 0.128. The van der Waals surface area contributed by atoms with Crippen LogP contribution in [-0.4, -0.2) is 40.7 Å². The number of aliphatic carboxylic acids is 1. The summed E-state index contributed by atoms with van der Waals surface area (Å²) >= 11 is 4.66. The number of likely N-dealkylation sites (N-methyl/N-ethyl adjacent to an activating group) is 1. The van der Waals surface area contributed by atoms with Gasteiger partial charge in [0.15, 0.2) is 11.8 Å². The summed E-state index contributed by atoms with van der Waals surface area (Å²) in [5, 5.41) is 9.30. The van der Waals surface area contributed by atoms with Crippen molar-refractivity contribution in [3.05, 3.63) is 63.5 Å². The van der Waals surface area contributed by atoms with Crippen molar-refractivity contribution in [2.45, 2.75) is 0 Å². The van der Waals surface area contributed by atoms with Crippen molar-refractivity contribution in [3.8, 4) is 5.75 Å². The van der Waals surface area contributed by atoms with Crippen LogP contribution in [0.3, 0.4) is 0 Å². The molecular formula is C19H15BrN2O4S. The second kappa shape index (κ2) is 8.41. The minimum atomic E-state index is -1.05. The maximum absolute atomic E-state index is 12.5. The molecule has 1 fully saturated rings. The van der Waals surface area contributed by atoms with Crippen molar-refractivity contribution >= 4 is 56.5 Å². The largest absolute Gasteiger partial charge is 0.481 e. The molecule has 0 aliphatic carbocycles. The van der Waals surface area contributed by atoms with E-state index in [9.17, 15) is 9.59 Å². The van der Waals surface area contributed by atoms with Gasteiger partial charge in [-0.3, -0.25) is 9.69 Å². The number of hydrogen-bond donors (Lipinski definition) is 1. The van der Waals surface area contributed by atoms with Crippen molar-refractivity contribution in [1.29, 1.82) is 0 Å². The zero-order valence-electron chi connectivity index (χ0n) is 14.3. The van der Waals surface area contributed by atoms with Crippen LogP contribution in [0.25, 0.3) is 6.08 Å². The monoisotopic (exact) mass is 446 g/mol. The molecule has 0 radical (unpaired) electrons. The molecule has 0 bridgehead atoms. The van der Waals surface area contributed by atoms with Gasteiger partial charge in [0.2, 0.25) is 0 Å². The van der Waals surface area contributed by atoms with Crippen LogP contribution in [0, 0.1) is 0 Å². The summed E-state index contributed by atoms with van der Waals surface area (Å²) in [6.45, 7) is -0.419. The molecule has 138 valence electrons. The fraction of sp³-hybridized carbons (Fsp3) is 0.105. The lowest BCUT2D eigenvalue weighted by atomic mass is 10.2. The molecule has 1 amide bonds. The van der Waals surface area contributed by atoms with E-state index in [0.717, 1.165) is 11.3 Å². The van der Waals surface area contributed by atoms with Gasteiger partial charge in [-0.25, -0.2) is 9.79 Å². The van der Waals surface area contributed by atoms with Crippen LogP contribution in [-0.2, 0) is 9.59 Å². The smallest absolute Gasteiger partial charge is 0.341 e. The van der Waals surface area contributed by atoms with Crippen LogP contribution in [0.5, 0.6) is 5.75 Å². The highest BCUT2D eigenvalue weighted by Crippen LogP contribution is 2.34. The standard InChI is InChI=1S/C19H15BrN2O4S/c1-22-18(25)16(27-19(22)21-13-5-3-2-4-6-13)10-12-7-8-15(14(20)9-12)26-11-17(23)24/h2-10H,11H2,1H3,(H,23,24). The topological polar surface area (TPSA) is 79.2 Å². The number of ether oxygens (including phenoxy) is 1. The number of halogens is 1. The van der Waals surface area contributed by atoms with E-state index in [0.29, 0.717) is 20.3 Å². The molecular weight excluding hydrogens is 432 g/mol. The number of thioether (sulfide) groups is 1. The summed E-state index contributed by atoms with van der Waals surface area (Å²) in [5.41, 5.74) is 1.57. The average Bonchev–Trinajstić information content (AvgIpc) is 2.90. The molecule has 0 unspecified atom stereocenters. The number of carbonyl (C=O) groups is 2. The van der Waals surface area contributed by atoms with Crippen molar-refractivity contribution in [2.24, 2.45) is 4.99 Å². The zero-order valence-corrected chi connectivity index (χ0v) is 16.7. The molecule has 1 saturated heterocycles. The SMILES string of the molecule is CN1C(=O)C(=Cc2ccc(OCC(=O)O)c(Br)c2)SC1=Nc1ccccc1. The minimum Gasteiger partial charge on any atom is -0.481 e. The van der Waals surface area contributed by atoms with Crippen molar-refractivity contribution < 1.29 is 19.4 Å². The van der Waals surface area contributed by atoms with Crippen LogP contribution in [0.1, 0.15) is 5.56 Å². The Kier molecular flexibility index (Phi) is 5.98. The maximum Gasteiger partial charge on any atom is 0.341 e. The van der Waals surface area contributed by atoms with E-state index in [2.05, 4.69) is 20.9 Å². The second-order valence-corrected chi connectivity index (χ2v) is 7.44. The predicted molar refractivity (Wildman–Crippen MR) is 109 cm³/mol. The van der Waals surface area contributed by atoms with Gasteiger partial charge >= 0.3 is 5.97 Å². The van der Waals surface area contributed by atoms with Crippen LogP contribution in [0.2, 0.25) is 0 Å². The Labute approximate surface area is 168 Å². The van der Waals surface area contributed by atoms with Gasteiger partial charge < -0.3 is 9.84 Å². The lowest BCUT2D eigenvalue weighted by Crippen LogP contribution is -2.23. The number of carboxylic acid groups (broad SMARTS) is 1. The van der Waals surface area contributed by atoms with E-state index in [4.69, 9.17) is 9.84 Å². The Balaban J connectivity index is 1.81. The highest BCUT2D eigenvalue weighted by Gasteiger charge is 2.30. The van der Waals surface area contributed by atoms with Crippen LogP contribution < -0.4 is 4.74 Å². The van der Waals surface area contributed by atoms with Gasteiger partial charge in [-0.2, -0.15) is 0 Å². The molecule has 0 aromatic heterocycles. The zero-order chi connectivity index (χ0) is 19.4. The highest BCUT2D eigenvalue weighted by atomic mass is 79.9. The summed E-state index contributed by atoms with van der Waals surface area (Å²) in [7, 11) is 1.69. The molecule has 0 atom stereocenters. The summed E-state index contributed by atoms with van der Waals surface area (Å²) < 4.78 is 5.79. The van der Waals surface area contributed by atoms with Crippen LogP contribution in [0.4, 0.5) is 5.69 Å². The fourth-order valence-corrected chi connectivity index (χ4v) is 3.78. The van der Waals surface area contributed by atoms with Gasteiger partial charge in [0.05, 0.1) is 15.1 Å². The van der Waals surface area contributed by atoms with Crippen LogP contribution >= 0.6 is 27.7 Å². The van der Waals surface area contributed by atoms with Crippen LogP contribution in [0.15, 0.2) is 62.9 Å². The molecule has 2 aromatic carbocycles. The van der Waals surface area contributed by atoms with E-state index < -0.39 is 12.6 Å². The molecule has 1 N–H and O–H groups in total. The summed E-state index contributed by atoms with van der Waals surface area (Å²) in [4.78, 5) is 29.7. The number of nitrogens with zero attached hydrogens (tertiary/aromatic N) is 2. The van der Waals surface area contributed by atoms with Gasteiger partial charge in [0.25, 0.3) is 5.91 Å². The third-order valence-electron chi connectivity index (χ3n) is 3.59. The Morgan fingerprint density at radius 1 is 1.30 bits per heavy atom. The quantitative estimate of drug-likeness (QED) is 0.697.